The van der Waals surface area contributed by atoms with Crippen LogP contribution < -0.4 is 19.7 Å². The van der Waals surface area contributed by atoms with E-state index in [1.807, 2.05) is 44.2 Å². The fourth-order valence-electron chi connectivity index (χ4n) is 4.12. The number of nitrogens with zero attached hydrogens (tertiary/aromatic N) is 6. The molecule has 36 heavy (non-hydrogen) atoms. The van der Waals surface area contributed by atoms with Crippen molar-refractivity contribution in [1.29, 1.82) is 0 Å². The van der Waals surface area contributed by atoms with Crippen LogP contribution in [0.2, 0.25) is 0 Å². The number of carbonyl (C=O) groups excluding carboxylic acids is 2. The van der Waals surface area contributed by atoms with E-state index in [0.29, 0.717) is 49.2 Å². The molecule has 1 aliphatic heterocycles. The Morgan fingerprint density at radius 3 is 2.17 bits per heavy atom. The average molecular weight is 494 g/mol. The van der Waals surface area contributed by atoms with Crippen LogP contribution in [0.4, 0.5) is 5.95 Å². The molecule has 1 unspecified atom stereocenters. The molecule has 2 aromatic carbocycles. The second-order valence-electron chi connectivity index (χ2n) is 8.84. The molecule has 0 bridgehead atoms. The number of amides is 2. The molecule has 0 saturated carbocycles. The summed E-state index contributed by atoms with van der Waals surface area (Å²) in [6.45, 7) is 5.97. The summed E-state index contributed by atoms with van der Waals surface area (Å²) in [6, 6.07) is 13.9. The highest BCUT2D eigenvalue weighted by Crippen LogP contribution is 2.23. The fourth-order valence-corrected chi connectivity index (χ4v) is 4.12. The van der Waals surface area contributed by atoms with Crippen LogP contribution in [-0.4, -0.2) is 83.4 Å². The highest BCUT2D eigenvalue weighted by molar-refractivity contribution is 5.98. The van der Waals surface area contributed by atoms with E-state index in [1.165, 1.54) is 14.2 Å². The smallest absolute Gasteiger partial charge is 0.252 e. The van der Waals surface area contributed by atoms with Gasteiger partial charge in [-0.05, 0) is 40.6 Å². The Morgan fingerprint density at radius 2 is 1.58 bits per heavy atom. The monoisotopic (exact) mass is 493 g/mol. The van der Waals surface area contributed by atoms with Crippen LogP contribution in [0.15, 0.2) is 48.5 Å². The van der Waals surface area contributed by atoms with E-state index in [0.717, 1.165) is 5.69 Å². The predicted octanol–water partition coefficient (Wildman–Crippen LogP) is 1.78. The number of benzene rings is 2. The molecular formula is C25H31N7O4. The number of nitrogens with one attached hydrogen (secondary N) is 1. The Bertz CT molecular complexity index is 1170. The number of anilines is 1. The van der Waals surface area contributed by atoms with Crippen molar-refractivity contribution < 1.29 is 19.1 Å². The van der Waals surface area contributed by atoms with Gasteiger partial charge in [0.05, 0.1) is 19.9 Å². The summed E-state index contributed by atoms with van der Waals surface area (Å²) >= 11 is 0. The predicted molar refractivity (Wildman–Crippen MR) is 134 cm³/mol. The number of para-hydroxylation sites is 1. The van der Waals surface area contributed by atoms with Gasteiger partial charge in [0, 0.05) is 37.8 Å². The largest absolute Gasteiger partial charge is 0.497 e. The third kappa shape index (κ3) is 5.40. The van der Waals surface area contributed by atoms with Gasteiger partial charge in [0.25, 0.3) is 5.91 Å². The van der Waals surface area contributed by atoms with Gasteiger partial charge >= 0.3 is 0 Å². The lowest BCUT2D eigenvalue weighted by atomic mass is 10.0. The maximum atomic E-state index is 13.4. The first-order valence-corrected chi connectivity index (χ1v) is 11.8. The quantitative estimate of drug-likeness (QED) is 0.505. The standard InChI is InChI=1S/C25H31N7O4/c1-17(2)22(26-23(33)18-14-20(35-3)16-21(15-18)36-4)24(34)30-10-12-31(13-11-30)25-27-28-29-32(25)19-8-6-5-7-9-19/h5-9,14-17,22H,10-13H2,1-4H3,(H,26,33). The molecule has 11 heteroatoms. The summed E-state index contributed by atoms with van der Waals surface area (Å²) in [5.74, 6) is 1.06. The lowest BCUT2D eigenvalue weighted by Gasteiger charge is -2.37. The minimum atomic E-state index is -0.670. The van der Waals surface area contributed by atoms with Gasteiger partial charge in [0.15, 0.2) is 0 Å². The average Bonchev–Trinajstić information content (AvgIpc) is 3.41. The number of methoxy groups -OCH3 is 2. The SMILES string of the molecule is COc1cc(OC)cc(C(=O)NC(C(=O)N2CCN(c3nnnn3-c3ccccc3)CC2)C(C)C)c1. The van der Waals surface area contributed by atoms with Gasteiger partial charge in [-0.15, -0.1) is 0 Å². The van der Waals surface area contributed by atoms with Crippen molar-refractivity contribution in [2.24, 2.45) is 5.92 Å². The van der Waals surface area contributed by atoms with Crippen LogP contribution in [0.1, 0.15) is 24.2 Å². The number of rotatable bonds is 8. The molecule has 1 saturated heterocycles. The Kier molecular flexibility index (Phi) is 7.67. The van der Waals surface area contributed by atoms with Crippen molar-refractivity contribution in [2.75, 3.05) is 45.3 Å². The van der Waals surface area contributed by atoms with E-state index in [2.05, 4.69) is 25.7 Å². The number of ether oxygens (including phenoxy) is 2. The number of tetrazole rings is 1. The van der Waals surface area contributed by atoms with Crippen LogP contribution in [0.3, 0.4) is 0 Å². The molecule has 1 aromatic heterocycles. The number of hydrogen-bond acceptors (Lipinski definition) is 8. The maximum Gasteiger partial charge on any atom is 0.252 e. The second-order valence-corrected chi connectivity index (χ2v) is 8.84. The van der Waals surface area contributed by atoms with Gasteiger partial charge < -0.3 is 24.6 Å². The molecule has 190 valence electrons. The molecule has 1 aliphatic rings. The van der Waals surface area contributed by atoms with E-state index in [4.69, 9.17) is 9.47 Å². The Morgan fingerprint density at radius 1 is 0.944 bits per heavy atom. The molecule has 0 spiro atoms. The van der Waals surface area contributed by atoms with Crippen LogP contribution in [-0.2, 0) is 4.79 Å². The van der Waals surface area contributed by atoms with Gasteiger partial charge in [0.1, 0.15) is 17.5 Å². The molecule has 1 fully saturated rings. The number of hydrogen-bond donors (Lipinski definition) is 1. The zero-order valence-corrected chi connectivity index (χ0v) is 20.9. The minimum absolute atomic E-state index is 0.0997. The third-order valence-electron chi connectivity index (χ3n) is 6.16. The molecule has 2 amide bonds. The van der Waals surface area contributed by atoms with Crippen LogP contribution in [0, 0.1) is 5.92 Å². The van der Waals surface area contributed by atoms with Crippen molar-refractivity contribution in [2.45, 2.75) is 19.9 Å². The van der Waals surface area contributed by atoms with Gasteiger partial charge in [-0.2, -0.15) is 4.68 Å². The lowest BCUT2D eigenvalue weighted by molar-refractivity contribution is -0.134. The lowest BCUT2D eigenvalue weighted by Crippen LogP contribution is -2.56. The molecule has 11 nitrogen and oxygen atoms in total. The topological polar surface area (TPSA) is 115 Å². The zero-order chi connectivity index (χ0) is 25.7. The molecule has 1 atom stereocenters. The van der Waals surface area contributed by atoms with Crippen LogP contribution >= 0.6 is 0 Å². The Hall–Kier alpha value is -4.15. The molecule has 1 N–H and O–H groups in total. The van der Waals surface area contributed by atoms with Crippen molar-refractivity contribution >= 4 is 17.8 Å². The number of carbonyl (C=O) groups is 2. The minimum Gasteiger partial charge on any atom is -0.497 e. The summed E-state index contributed by atoms with van der Waals surface area (Å²) < 4.78 is 12.2. The molecule has 0 radical (unpaired) electrons. The Balaban J connectivity index is 1.42. The maximum absolute atomic E-state index is 13.4. The van der Waals surface area contributed by atoms with E-state index in [9.17, 15) is 9.59 Å². The first kappa shape index (κ1) is 25.0. The first-order valence-electron chi connectivity index (χ1n) is 11.8. The molecule has 4 rings (SSSR count). The summed E-state index contributed by atoms with van der Waals surface area (Å²) in [5, 5.41) is 15.1. The van der Waals surface area contributed by atoms with Crippen molar-refractivity contribution in [1.82, 2.24) is 30.4 Å². The van der Waals surface area contributed by atoms with Crippen LogP contribution in [0.25, 0.3) is 5.69 Å². The zero-order valence-electron chi connectivity index (χ0n) is 20.9. The molecule has 2 heterocycles. The van der Waals surface area contributed by atoms with Gasteiger partial charge in [-0.1, -0.05) is 37.1 Å². The van der Waals surface area contributed by atoms with Crippen molar-refractivity contribution in [3.05, 3.63) is 54.1 Å². The van der Waals surface area contributed by atoms with Gasteiger partial charge in [0.2, 0.25) is 11.9 Å². The Labute approximate surface area is 210 Å². The fraction of sp³-hybridized carbons (Fsp3) is 0.400. The highest BCUT2D eigenvalue weighted by Gasteiger charge is 2.32. The number of piperazine rings is 1. The van der Waals surface area contributed by atoms with Crippen molar-refractivity contribution in [3.8, 4) is 17.2 Å². The number of aromatic nitrogens is 4. The second kappa shape index (κ2) is 11.1. The summed E-state index contributed by atoms with van der Waals surface area (Å²) in [6.07, 6.45) is 0. The van der Waals surface area contributed by atoms with E-state index in [1.54, 1.807) is 27.8 Å². The summed E-state index contributed by atoms with van der Waals surface area (Å²) in [5.41, 5.74) is 1.23. The molecule has 0 aliphatic carbocycles. The van der Waals surface area contributed by atoms with Gasteiger partial charge in [-0.25, -0.2) is 0 Å². The van der Waals surface area contributed by atoms with E-state index >= 15 is 0 Å². The normalized spacial score (nSPS) is 14.5. The molecular weight excluding hydrogens is 462 g/mol. The molecule has 3 aromatic rings. The van der Waals surface area contributed by atoms with Gasteiger partial charge in [-0.3, -0.25) is 9.59 Å². The third-order valence-corrected chi connectivity index (χ3v) is 6.16. The summed E-state index contributed by atoms with van der Waals surface area (Å²) in [4.78, 5) is 30.3. The summed E-state index contributed by atoms with van der Waals surface area (Å²) in [7, 11) is 3.05. The van der Waals surface area contributed by atoms with E-state index in [-0.39, 0.29) is 17.7 Å². The first-order chi connectivity index (χ1) is 17.4. The highest BCUT2D eigenvalue weighted by atomic mass is 16.5. The van der Waals surface area contributed by atoms with Crippen LogP contribution in [0.5, 0.6) is 11.5 Å². The van der Waals surface area contributed by atoms with E-state index < -0.39 is 6.04 Å². The van der Waals surface area contributed by atoms with Crippen molar-refractivity contribution in [3.63, 3.8) is 0 Å².